The lowest BCUT2D eigenvalue weighted by Gasteiger charge is -2.33. The lowest BCUT2D eigenvalue weighted by atomic mass is 10.3. The third-order valence-electron chi connectivity index (χ3n) is 2.87. The van der Waals surface area contributed by atoms with Crippen molar-refractivity contribution in [1.82, 2.24) is 9.80 Å². The van der Waals surface area contributed by atoms with Gasteiger partial charge in [-0.3, -0.25) is 4.90 Å². The van der Waals surface area contributed by atoms with Crippen LogP contribution in [0.2, 0.25) is 0 Å². The minimum Gasteiger partial charge on any atom is -0.450 e. The lowest BCUT2D eigenvalue weighted by molar-refractivity contribution is 0.0743. The highest BCUT2D eigenvalue weighted by atomic mass is 16.6. The van der Waals surface area contributed by atoms with Gasteiger partial charge in [0.1, 0.15) is 0 Å². The van der Waals surface area contributed by atoms with Crippen molar-refractivity contribution in [2.45, 2.75) is 20.3 Å². The topological polar surface area (TPSA) is 42.0 Å². The Morgan fingerprint density at radius 3 is 2.41 bits per heavy atom. The van der Waals surface area contributed by atoms with Crippen molar-refractivity contribution in [3.63, 3.8) is 0 Å². The average Bonchev–Trinajstić information content (AvgIpc) is 2.36. The zero-order valence-electron chi connectivity index (χ0n) is 11.0. The van der Waals surface area contributed by atoms with Crippen LogP contribution in [0.15, 0.2) is 0 Å². The molecule has 1 fully saturated rings. The van der Waals surface area contributed by atoms with Gasteiger partial charge in [-0.25, -0.2) is 4.79 Å². The summed E-state index contributed by atoms with van der Waals surface area (Å²) in [6, 6.07) is 0. The van der Waals surface area contributed by atoms with Crippen LogP contribution in [0.1, 0.15) is 20.3 Å². The molecule has 0 aromatic heterocycles. The van der Waals surface area contributed by atoms with Crippen LogP contribution in [0.25, 0.3) is 0 Å². The van der Waals surface area contributed by atoms with Crippen molar-refractivity contribution in [2.75, 3.05) is 52.5 Å². The molecule has 0 aliphatic carbocycles. The molecule has 1 aliphatic heterocycles. The Bertz CT molecular complexity index is 216. The highest BCUT2D eigenvalue weighted by molar-refractivity contribution is 5.67. The first-order valence-electron chi connectivity index (χ1n) is 6.49. The molecular formula is C12H24N2O3. The predicted molar refractivity (Wildman–Crippen MR) is 66.1 cm³/mol. The maximum atomic E-state index is 11.5. The van der Waals surface area contributed by atoms with Crippen LogP contribution < -0.4 is 0 Å². The molecule has 1 amide bonds. The molecule has 0 radical (unpaired) electrons. The predicted octanol–water partition coefficient (Wildman–Crippen LogP) is 1.19. The van der Waals surface area contributed by atoms with Crippen LogP contribution in [0.5, 0.6) is 0 Å². The fourth-order valence-corrected chi connectivity index (χ4v) is 1.90. The summed E-state index contributed by atoms with van der Waals surface area (Å²) in [5, 5.41) is 0. The van der Waals surface area contributed by atoms with E-state index in [2.05, 4.69) is 4.90 Å². The van der Waals surface area contributed by atoms with Gasteiger partial charge in [0.05, 0.1) is 6.61 Å². The summed E-state index contributed by atoms with van der Waals surface area (Å²) in [6.07, 6.45) is 0.884. The van der Waals surface area contributed by atoms with Crippen molar-refractivity contribution in [3.05, 3.63) is 0 Å². The Morgan fingerprint density at radius 2 is 1.82 bits per heavy atom. The van der Waals surface area contributed by atoms with Gasteiger partial charge in [0.2, 0.25) is 0 Å². The number of hydrogen-bond donors (Lipinski definition) is 0. The van der Waals surface area contributed by atoms with Gasteiger partial charge < -0.3 is 14.4 Å². The van der Waals surface area contributed by atoms with Crippen LogP contribution in [0.4, 0.5) is 4.79 Å². The second-order valence-corrected chi connectivity index (χ2v) is 4.08. The van der Waals surface area contributed by atoms with Gasteiger partial charge in [-0.2, -0.15) is 0 Å². The molecule has 17 heavy (non-hydrogen) atoms. The fourth-order valence-electron chi connectivity index (χ4n) is 1.90. The Labute approximate surface area is 104 Å². The van der Waals surface area contributed by atoms with Gasteiger partial charge in [0, 0.05) is 45.9 Å². The first kappa shape index (κ1) is 14.3. The largest absolute Gasteiger partial charge is 0.450 e. The zero-order chi connectivity index (χ0) is 12.5. The lowest BCUT2D eigenvalue weighted by Crippen LogP contribution is -2.49. The van der Waals surface area contributed by atoms with E-state index in [4.69, 9.17) is 9.47 Å². The number of nitrogens with zero attached hydrogens (tertiary/aromatic N) is 2. The molecule has 1 saturated heterocycles. The number of hydrogen-bond acceptors (Lipinski definition) is 4. The van der Waals surface area contributed by atoms with E-state index in [9.17, 15) is 4.79 Å². The molecule has 1 rings (SSSR count). The molecule has 100 valence electrons. The van der Waals surface area contributed by atoms with Crippen molar-refractivity contribution < 1.29 is 14.3 Å². The quantitative estimate of drug-likeness (QED) is 0.658. The zero-order valence-corrected chi connectivity index (χ0v) is 11.0. The summed E-state index contributed by atoms with van der Waals surface area (Å²) >= 11 is 0. The molecule has 0 aromatic carbocycles. The average molecular weight is 244 g/mol. The van der Waals surface area contributed by atoms with Gasteiger partial charge in [0.25, 0.3) is 0 Å². The molecule has 0 aromatic rings. The molecule has 0 saturated carbocycles. The second-order valence-electron chi connectivity index (χ2n) is 4.08. The SMILES string of the molecule is CCOCCCN1CCN(C(=O)OCC)CC1. The van der Waals surface area contributed by atoms with E-state index in [1.807, 2.05) is 13.8 Å². The van der Waals surface area contributed by atoms with E-state index in [0.29, 0.717) is 6.61 Å². The Balaban J connectivity index is 2.11. The smallest absolute Gasteiger partial charge is 0.409 e. The molecule has 0 N–H and O–H groups in total. The summed E-state index contributed by atoms with van der Waals surface area (Å²) in [7, 11) is 0. The standard InChI is InChI=1S/C12H24N2O3/c1-3-16-11-5-6-13-7-9-14(10-8-13)12(15)17-4-2/h3-11H2,1-2H3. The van der Waals surface area contributed by atoms with Crippen LogP contribution in [-0.2, 0) is 9.47 Å². The third kappa shape index (κ3) is 5.37. The molecule has 5 nitrogen and oxygen atoms in total. The molecule has 0 atom stereocenters. The minimum absolute atomic E-state index is 0.179. The molecule has 0 unspecified atom stereocenters. The number of carbonyl (C=O) groups is 1. The van der Waals surface area contributed by atoms with Gasteiger partial charge in [-0.1, -0.05) is 0 Å². The molecule has 0 bridgehead atoms. The number of ether oxygens (including phenoxy) is 2. The molecular weight excluding hydrogens is 220 g/mol. The normalized spacial score (nSPS) is 17.2. The van der Waals surface area contributed by atoms with Crippen molar-refractivity contribution >= 4 is 6.09 Å². The summed E-state index contributed by atoms with van der Waals surface area (Å²) in [6.45, 7) is 10.4. The maximum Gasteiger partial charge on any atom is 0.409 e. The number of piperazine rings is 1. The third-order valence-corrected chi connectivity index (χ3v) is 2.87. The Kier molecular flexibility index (Phi) is 6.96. The monoisotopic (exact) mass is 244 g/mol. The number of carbonyl (C=O) groups excluding carboxylic acids is 1. The van der Waals surface area contributed by atoms with E-state index in [-0.39, 0.29) is 6.09 Å². The van der Waals surface area contributed by atoms with Crippen LogP contribution in [0, 0.1) is 0 Å². The molecule has 1 aliphatic rings. The Morgan fingerprint density at radius 1 is 1.12 bits per heavy atom. The van der Waals surface area contributed by atoms with Crippen molar-refractivity contribution in [3.8, 4) is 0 Å². The highest BCUT2D eigenvalue weighted by Gasteiger charge is 2.21. The number of rotatable bonds is 6. The van der Waals surface area contributed by atoms with E-state index in [1.165, 1.54) is 0 Å². The minimum atomic E-state index is -0.179. The fraction of sp³-hybridized carbons (Fsp3) is 0.917. The van der Waals surface area contributed by atoms with Crippen LogP contribution in [-0.4, -0.2) is 68.4 Å². The summed E-state index contributed by atoms with van der Waals surface area (Å²) < 4.78 is 10.3. The first-order valence-corrected chi connectivity index (χ1v) is 6.49. The van der Waals surface area contributed by atoms with Gasteiger partial charge in [-0.05, 0) is 20.3 Å². The highest BCUT2D eigenvalue weighted by Crippen LogP contribution is 2.04. The van der Waals surface area contributed by atoms with Gasteiger partial charge in [-0.15, -0.1) is 0 Å². The molecule has 0 spiro atoms. The van der Waals surface area contributed by atoms with E-state index in [0.717, 1.165) is 52.4 Å². The number of amides is 1. The summed E-state index contributed by atoms with van der Waals surface area (Å²) in [5.74, 6) is 0. The van der Waals surface area contributed by atoms with E-state index in [1.54, 1.807) is 4.90 Å². The van der Waals surface area contributed by atoms with E-state index < -0.39 is 0 Å². The van der Waals surface area contributed by atoms with Crippen LogP contribution >= 0.6 is 0 Å². The van der Waals surface area contributed by atoms with Gasteiger partial charge >= 0.3 is 6.09 Å². The maximum absolute atomic E-state index is 11.5. The van der Waals surface area contributed by atoms with Gasteiger partial charge in [0.15, 0.2) is 0 Å². The second kappa shape index (κ2) is 8.31. The van der Waals surface area contributed by atoms with Crippen molar-refractivity contribution in [1.29, 1.82) is 0 Å². The summed E-state index contributed by atoms with van der Waals surface area (Å²) in [4.78, 5) is 15.6. The Hall–Kier alpha value is -0.810. The van der Waals surface area contributed by atoms with Crippen molar-refractivity contribution in [2.24, 2.45) is 0 Å². The first-order chi connectivity index (χ1) is 8.27. The summed E-state index contributed by atoms with van der Waals surface area (Å²) in [5.41, 5.74) is 0. The van der Waals surface area contributed by atoms with Crippen LogP contribution in [0.3, 0.4) is 0 Å². The molecule has 1 heterocycles. The molecule has 5 heteroatoms. The van der Waals surface area contributed by atoms with E-state index >= 15 is 0 Å².